The predicted octanol–water partition coefficient (Wildman–Crippen LogP) is 3.72. The molecule has 2 aliphatic rings. The summed E-state index contributed by atoms with van der Waals surface area (Å²) in [6, 6.07) is 9.65. The largest absolute Gasteiger partial charge is 0.378 e. The summed E-state index contributed by atoms with van der Waals surface area (Å²) in [7, 11) is 0. The van der Waals surface area contributed by atoms with Gasteiger partial charge in [0.2, 0.25) is 0 Å². The van der Waals surface area contributed by atoms with E-state index in [9.17, 15) is 9.18 Å². The number of urea groups is 1. The SMILES string of the molecule is O=C(Nc1cccnc1N1CCOCC1)NC(c1ccc(F)cc1)C1CCC1. The Balaban J connectivity index is 1.47. The summed E-state index contributed by atoms with van der Waals surface area (Å²) < 4.78 is 18.7. The molecule has 2 heterocycles. The molecule has 1 aromatic carbocycles. The van der Waals surface area contributed by atoms with E-state index in [1.54, 1.807) is 18.3 Å². The first-order valence-electron chi connectivity index (χ1n) is 9.81. The summed E-state index contributed by atoms with van der Waals surface area (Å²) >= 11 is 0. The number of hydrogen-bond acceptors (Lipinski definition) is 4. The van der Waals surface area contributed by atoms with E-state index in [1.165, 1.54) is 12.1 Å². The number of anilines is 2. The average Bonchev–Trinajstić information content (AvgIpc) is 2.68. The standard InChI is InChI=1S/C21H25FN4O2/c22-17-8-6-16(7-9-17)19(15-3-1-4-15)25-21(27)24-18-5-2-10-23-20(18)26-11-13-28-14-12-26/h2,5-10,15,19H,1,3-4,11-14H2,(H2,24,25,27). The molecule has 4 rings (SSSR count). The minimum Gasteiger partial charge on any atom is -0.378 e. The molecule has 1 atom stereocenters. The molecule has 7 heteroatoms. The number of benzene rings is 1. The number of nitrogens with one attached hydrogen (secondary N) is 2. The van der Waals surface area contributed by atoms with E-state index in [-0.39, 0.29) is 17.9 Å². The van der Waals surface area contributed by atoms with Crippen LogP contribution in [0, 0.1) is 11.7 Å². The highest BCUT2D eigenvalue weighted by Crippen LogP contribution is 2.38. The minimum absolute atomic E-state index is 0.127. The van der Waals surface area contributed by atoms with Crippen molar-refractivity contribution >= 4 is 17.5 Å². The zero-order valence-electron chi connectivity index (χ0n) is 15.7. The molecule has 1 aromatic heterocycles. The quantitative estimate of drug-likeness (QED) is 0.825. The normalized spacial score (nSPS) is 18.2. The van der Waals surface area contributed by atoms with Gasteiger partial charge in [0.15, 0.2) is 5.82 Å². The van der Waals surface area contributed by atoms with E-state index < -0.39 is 0 Å². The van der Waals surface area contributed by atoms with Crippen molar-refractivity contribution in [1.29, 1.82) is 0 Å². The van der Waals surface area contributed by atoms with Crippen LogP contribution in [0.2, 0.25) is 0 Å². The monoisotopic (exact) mass is 384 g/mol. The topological polar surface area (TPSA) is 66.5 Å². The molecular formula is C21H25FN4O2. The fraction of sp³-hybridized carbons (Fsp3) is 0.429. The van der Waals surface area contributed by atoms with E-state index in [0.717, 1.165) is 43.7 Å². The van der Waals surface area contributed by atoms with E-state index >= 15 is 0 Å². The van der Waals surface area contributed by atoms with Crippen LogP contribution in [-0.2, 0) is 4.74 Å². The van der Waals surface area contributed by atoms with Crippen molar-refractivity contribution < 1.29 is 13.9 Å². The number of carbonyl (C=O) groups excluding carboxylic acids is 1. The maximum absolute atomic E-state index is 13.3. The first kappa shape index (κ1) is 18.7. The molecular weight excluding hydrogens is 359 g/mol. The van der Waals surface area contributed by atoms with Crippen molar-refractivity contribution in [3.05, 3.63) is 54.0 Å². The van der Waals surface area contributed by atoms with Gasteiger partial charge in [0.1, 0.15) is 5.82 Å². The van der Waals surface area contributed by atoms with Crippen LogP contribution in [0.5, 0.6) is 0 Å². The molecule has 2 fully saturated rings. The molecule has 28 heavy (non-hydrogen) atoms. The maximum atomic E-state index is 13.3. The van der Waals surface area contributed by atoms with Crippen molar-refractivity contribution in [3.8, 4) is 0 Å². The Morgan fingerprint density at radius 1 is 1.18 bits per heavy atom. The van der Waals surface area contributed by atoms with Gasteiger partial charge in [0, 0.05) is 19.3 Å². The third kappa shape index (κ3) is 4.25. The van der Waals surface area contributed by atoms with Crippen LogP contribution in [0.15, 0.2) is 42.6 Å². The number of hydrogen-bond donors (Lipinski definition) is 2. The van der Waals surface area contributed by atoms with E-state index in [4.69, 9.17) is 4.74 Å². The highest BCUT2D eigenvalue weighted by Gasteiger charge is 2.30. The lowest BCUT2D eigenvalue weighted by atomic mass is 9.77. The molecule has 6 nitrogen and oxygen atoms in total. The van der Waals surface area contributed by atoms with Crippen LogP contribution in [0.25, 0.3) is 0 Å². The number of ether oxygens (including phenoxy) is 1. The van der Waals surface area contributed by atoms with Crippen LogP contribution in [-0.4, -0.2) is 37.3 Å². The Labute approximate surface area is 164 Å². The molecule has 1 saturated heterocycles. The lowest BCUT2D eigenvalue weighted by molar-refractivity contribution is 0.122. The Kier molecular flexibility index (Phi) is 5.71. The molecule has 0 spiro atoms. The Morgan fingerprint density at radius 2 is 1.93 bits per heavy atom. The zero-order chi connectivity index (χ0) is 19.3. The summed E-state index contributed by atoms with van der Waals surface area (Å²) in [5.74, 6) is 0.859. The lowest BCUT2D eigenvalue weighted by Gasteiger charge is -2.35. The number of aromatic nitrogens is 1. The minimum atomic E-state index is -0.274. The number of halogens is 1. The molecule has 0 radical (unpaired) electrons. The summed E-state index contributed by atoms with van der Waals surface area (Å²) in [6.45, 7) is 2.79. The second kappa shape index (κ2) is 8.56. The lowest BCUT2D eigenvalue weighted by Crippen LogP contribution is -2.40. The number of rotatable bonds is 5. The highest BCUT2D eigenvalue weighted by molar-refractivity contribution is 5.92. The fourth-order valence-corrected chi connectivity index (χ4v) is 3.74. The molecule has 1 unspecified atom stereocenters. The molecule has 1 aliphatic heterocycles. The highest BCUT2D eigenvalue weighted by atomic mass is 19.1. The molecule has 1 saturated carbocycles. The molecule has 1 aliphatic carbocycles. The first-order chi connectivity index (χ1) is 13.7. The summed E-state index contributed by atoms with van der Waals surface area (Å²) in [4.78, 5) is 19.3. The predicted molar refractivity (Wildman–Crippen MR) is 106 cm³/mol. The molecule has 2 amide bonds. The van der Waals surface area contributed by atoms with E-state index in [0.29, 0.717) is 24.8 Å². The Hall–Kier alpha value is -2.67. The van der Waals surface area contributed by atoms with Crippen molar-refractivity contribution in [3.63, 3.8) is 0 Å². The van der Waals surface area contributed by atoms with Gasteiger partial charge in [-0.1, -0.05) is 18.6 Å². The van der Waals surface area contributed by atoms with Gasteiger partial charge in [-0.3, -0.25) is 0 Å². The fourth-order valence-electron chi connectivity index (χ4n) is 3.74. The van der Waals surface area contributed by atoms with Gasteiger partial charge in [0.05, 0.1) is 24.9 Å². The number of pyridine rings is 1. The maximum Gasteiger partial charge on any atom is 0.319 e. The number of carbonyl (C=O) groups is 1. The summed E-state index contributed by atoms with van der Waals surface area (Å²) in [6.07, 6.45) is 5.02. The average molecular weight is 384 g/mol. The third-order valence-electron chi connectivity index (χ3n) is 5.48. The van der Waals surface area contributed by atoms with Gasteiger partial charge in [-0.2, -0.15) is 0 Å². The Morgan fingerprint density at radius 3 is 2.61 bits per heavy atom. The first-order valence-corrected chi connectivity index (χ1v) is 9.81. The van der Waals surface area contributed by atoms with Crippen molar-refractivity contribution in [2.24, 2.45) is 5.92 Å². The van der Waals surface area contributed by atoms with Crippen molar-refractivity contribution in [1.82, 2.24) is 10.3 Å². The van der Waals surface area contributed by atoms with E-state index in [2.05, 4.69) is 20.5 Å². The van der Waals surface area contributed by atoms with Gasteiger partial charge < -0.3 is 20.3 Å². The Bertz CT molecular complexity index is 804. The smallest absolute Gasteiger partial charge is 0.319 e. The van der Waals surface area contributed by atoms with Gasteiger partial charge in [-0.25, -0.2) is 14.2 Å². The van der Waals surface area contributed by atoms with Gasteiger partial charge >= 0.3 is 6.03 Å². The summed E-state index contributed by atoms with van der Waals surface area (Å²) in [5, 5.41) is 6.04. The van der Waals surface area contributed by atoms with Crippen molar-refractivity contribution in [2.75, 3.05) is 36.5 Å². The van der Waals surface area contributed by atoms with Gasteiger partial charge in [-0.05, 0) is 48.6 Å². The van der Waals surface area contributed by atoms with Gasteiger partial charge in [-0.15, -0.1) is 0 Å². The molecule has 2 N–H and O–H groups in total. The second-order valence-electron chi connectivity index (χ2n) is 7.29. The molecule has 2 aromatic rings. The molecule has 148 valence electrons. The summed E-state index contributed by atoms with van der Waals surface area (Å²) in [5.41, 5.74) is 1.61. The van der Waals surface area contributed by atoms with Crippen LogP contribution in [0.1, 0.15) is 30.9 Å². The van der Waals surface area contributed by atoms with E-state index in [1.807, 2.05) is 12.1 Å². The number of nitrogens with zero attached hydrogens (tertiary/aromatic N) is 2. The zero-order valence-corrected chi connectivity index (χ0v) is 15.7. The van der Waals surface area contributed by atoms with Crippen LogP contribution in [0.4, 0.5) is 20.7 Å². The molecule has 0 bridgehead atoms. The van der Waals surface area contributed by atoms with Crippen LogP contribution < -0.4 is 15.5 Å². The van der Waals surface area contributed by atoms with Crippen LogP contribution >= 0.6 is 0 Å². The number of morpholine rings is 1. The van der Waals surface area contributed by atoms with Crippen LogP contribution in [0.3, 0.4) is 0 Å². The van der Waals surface area contributed by atoms with Gasteiger partial charge in [0.25, 0.3) is 0 Å². The third-order valence-corrected chi connectivity index (χ3v) is 5.48. The van der Waals surface area contributed by atoms with Crippen molar-refractivity contribution in [2.45, 2.75) is 25.3 Å². The number of amides is 2. The second-order valence-corrected chi connectivity index (χ2v) is 7.29.